The Morgan fingerprint density at radius 1 is 1.42 bits per heavy atom. The van der Waals surface area contributed by atoms with E-state index in [1.807, 2.05) is 30.3 Å². The topological polar surface area (TPSA) is 47.8 Å². The average molecular weight is 324 g/mol. The van der Waals surface area contributed by atoms with Crippen LogP contribution in [-0.2, 0) is 0 Å². The Kier molecular flexibility index (Phi) is 3.18. The van der Waals surface area contributed by atoms with Crippen molar-refractivity contribution >= 4 is 21.7 Å². The standard InChI is InChI=1S/C13H11BrFN3O/c14-7-11(19)12-16-13-9(15)6-10(18(13)17-12)8-4-2-1-3-5-8/h1-5,9-10H,6-7H2/t9-,10-/m0/s1. The third kappa shape index (κ3) is 2.10. The van der Waals surface area contributed by atoms with E-state index in [1.165, 1.54) is 4.68 Å². The van der Waals surface area contributed by atoms with Crippen LogP contribution in [0.15, 0.2) is 30.3 Å². The summed E-state index contributed by atoms with van der Waals surface area (Å²) in [4.78, 5) is 15.6. The van der Waals surface area contributed by atoms with E-state index >= 15 is 0 Å². The molecule has 1 aliphatic heterocycles. The zero-order chi connectivity index (χ0) is 13.4. The van der Waals surface area contributed by atoms with E-state index in [9.17, 15) is 9.18 Å². The molecular formula is C13H11BrFN3O. The van der Waals surface area contributed by atoms with E-state index in [1.54, 1.807) is 0 Å². The van der Waals surface area contributed by atoms with Gasteiger partial charge in [0.2, 0.25) is 11.6 Å². The molecule has 2 heterocycles. The molecule has 1 aliphatic rings. The summed E-state index contributed by atoms with van der Waals surface area (Å²) in [5.74, 6) is 0.0919. The molecule has 3 rings (SSSR count). The zero-order valence-corrected chi connectivity index (χ0v) is 11.5. The summed E-state index contributed by atoms with van der Waals surface area (Å²) >= 11 is 3.07. The maximum absolute atomic E-state index is 14.0. The fraction of sp³-hybridized carbons (Fsp3) is 0.308. The van der Waals surface area contributed by atoms with Gasteiger partial charge in [0.15, 0.2) is 12.0 Å². The van der Waals surface area contributed by atoms with E-state index in [0.29, 0.717) is 6.42 Å². The van der Waals surface area contributed by atoms with Gasteiger partial charge in [0.25, 0.3) is 0 Å². The van der Waals surface area contributed by atoms with Gasteiger partial charge in [-0.15, -0.1) is 5.10 Å². The second-order valence-electron chi connectivity index (χ2n) is 4.42. The van der Waals surface area contributed by atoms with Crippen LogP contribution in [0.25, 0.3) is 0 Å². The molecule has 0 N–H and O–H groups in total. The molecule has 0 saturated heterocycles. The predicted octanol–water partition coefficient (Wildman–Crippen LogP) is 2.86. The van der Waals surface area contributed by atoms with Gasteiger partial charge in [0, 0.05) is 6.42 Å². The number of fused-ring (bicyclic) bond motifs is 1. The third-order valence-electron chi connectivity index (χ3n) is 3.22. The van der Waals surface area contributed by atoms with E-state index in [0.717, 1.165) is 5.56 Å². The van der Waals surface area contributed by atoms with Crippen LogP contribution < -0.4 is 0 Å². The molecule has 4 nitrogen and oxygen atoms in total. The van der Waals surface area contributed by atoms with E-state index in [4.69, 9.17) is 0 Å². The van der Waals surface area contributed by atoms with E-state index < -0.39 is 6.17 Å². The number of alkyl halides is 2. The van der Waals surface area contributed by atoms with Crippen LogP contribution in [-0.4, -0.2) is 25.9 Å². The minimum Gasteiger partial charge on any atom is -0.290 e. The molecule has 19 heavy (non-hydrogen) atoms. The van der Waals surface area contributed by atoms with Gasteiger partial charge in [0.1, 0.15) is 0 Å². The summed E-state index contributed by atoms with van der Waals surface area (Å²) in [5.41, 5.74) is 0.978. The molecule has 0 aliphatic carbocycles. The van der Waals surface area contributed by atoms with Gasteiger partial charge in [-0.1, -0.05) is 46.3 Å². The molecule has 98 valence electrons. The Hall–Kier alpha value is -1.56. The SMILES string of the molecule is O=C(CBr)c1nc2n(n1)[C@H](c1ccccc1)C[C@@H]2F. The van der Waals surface area contributed by atoms with Crippen molar-refractivity contribution in [3.8, 4) is 0 Å². The van der Waals surface area contributed by atoms with E-state index in [2.05, 4.69) is 26.0 Å². The van der Waals surface area contributed by atoms with Gasteiger partial charge < -0.3 is 0 Å². The number of ketones is 1. The lowest BCUT2D eigenvalue weighted by Crippen LogP contribution is -2.10. The maximum atomic E-state index is 14.0. The summed E-state index contributed by atoms with van der Waals surface area (Å²) < 4.78 is 15.5. The molecule has 1 aromatic heterocycles. The predicted molar refractivity (Wildman–Crippen MR) is 71.2 cm³/mol. The fourth-order valence-corrected chi connectivity index (χ4v) is 2.56. The van der Waals surface area contributed by atoms with Crippen LogP contribution >= 0.6 is 15.9 Å². The number of Topliss-reactive ketones (excluding diaryl/α,β-unsaturated/α-hetero) is 1. The molecule has 0 unspecified atom stereocenters. The lowest BCUT2D eigenvalue weighted by atomic mass is 10.0. The monoisotopic (exact) mass is 323 g/mol. The number of carbonyl (C=O) groups is 1. The lowest BCUT2D eigenvalue weighted by molar-refractivity contribution is 0.101. The minimum atomic E-state index is -1.17. The number of aromatic nitrogens is 3. The van der Waals surface area contributed by atoms with E-state index in [-0.39, 0.29) is 28.8 Å². The summed E-state index contributed by atoms with van der Waals surface area (Å²) in [7, 11) is 0. The number of hydrogen-bond acceptors (Lipinski definition) is 3. The second kappa shape index (κ2) is 4.85. The summed E-state index contributed by atoms with van der Waals surface area (Å²) in [6.07, 6.45) is -0.850. The molecule has 2 aromatic rings. The third-order valence-corrected chi connectivity index (χ3v) is 3.73. The van der Waals surface area contributed by atoms with Crippen LogP contribution in [0.5, 0.6) is 0 Å². The largest absolute Gasteiger partial charge is 0.290 e. The highest BCUT2D eigenvalue weighted by Gasteiger charge is 2.36. The maximum Gasteiger partial charge on any atom is 0.218 e. The van der Waals surface area contributed by atoms with Crippen molar-refractivity contribution in [1.82, 2.24) is 14.8 Å². The molecule has 1 aromatic carbocycles. The highest BCUT2D eigenvalue weighted by atomic mass is 79.9. The fourth-order valence-electron chi connectivity index (χ4n) is 2.31. The van der Waals surface area contributed by atoms with Crippen molar-refractivity contribution in [3.05, 3.63) is 47.5 Å². The Labute approximate surface area is 117 Å². The average Bonchev–Trinajstić information content (AvgIpc) is 3.00. The molecule has 6 heteroatoms. The Bertz CT molecular complexity index is 614. The molecule has 2 atom stereocenters. The molecule has 0 saturated carbocycles. The molecule has 0 fully saturated rings. The first-order chi connectivity index (χ1) is 9.20. The van der Waals surface area contributed by atoms with Crippen molar-refractivity contribution in [3.63, 3.8) is 0 Å². The van der Waals surface area contributed by atoms with Crippen molar-refractivity contribution in [2.45, 2.75) is 18.6 Å². The zero-order valence-electron chi connectivity index (χ0n) is 9.96. The lowest BCUT2D eigenvalue weighted by Gasteiger charge is -2.11. The Balaban J connectivity index is 2.02. The summed E-state index contributed by atoms with van der Waals surface area (Å²) in [5, 5.41) is 4.30. The highest BCUT2D eigenvalue weighted by molar-refractivity contribution is 9.09. The molecule has 0 radical (unpaired) electrons. The van der Waals surface area contributed by atoms with Crippen molar-refractivity contribution < 1.29 is 9.18 Å². The Morgan fingerprint density at radius 2 is 2.16 bits per heavy atom. The van der Waals surface area contributed by atoms with Crippen molar-refractivity contribution in [2.24, 2.45) is 0 Å². The number of carbonyl (C=O) groups excluding carboxylic acids is 1. The summed E-state index contributed by atoms with van der Waals surface area (Å²) in [6, 6.07) is 9.40. The van der Waals surface area contributed by atoms with Crippen molar-refractivity contribution in [2.75, 3.05) is 5.33 Å². The van der Waals surface area contributed by atoms with Crippen LogP contribution in [0.4, 0.5) is 4.39 Å². The first-order valence-corrected chi connectivity index (χ1v) is 7.07. The molecule has 0 spiro atoms. The van der Waals surface area contributed by atoms with Crippen LogP contribution in [0.2, 0.25) is 0 Å². The van der Waals surface area contributed by atoms with Gasteiger partial charge in [-0.2, -0.15) is 0 Å². The normalized spacial score (nSPS) is 21.4. The van der Waals surface area contributed by atoms with Gasteiger partial charge >= 0.3 is 0 Å². The first kappa shape index (κ1) is 12.5. The van der Waals surface area contributed by atoms with Gasteiger partial charge in [0.05, 0.1) is 11.4 Å². The number of rotatable bonds is 3. The van der Waals surface area contributed by atoms with Crippen LogP contribution in [0.3, 0.4) is 0 Å². The second-order valence-corrected chi connectivity index (χ2v) is 4.99. The van der Waals surface area contributed by atoms with Gasteiger partial charge in [-0.25, -0.2) is 14.1 Å². The van der Waals surface area contributed by atoms with Crippen LogP contribution in [0.1, 0.15) is 40.6 Å². The molecule has 0 bridgehead atoms. The summed E-state index contributed by atoms with van der Waals surface area (Å²) in [6.45, 7) is 0. The smallest absolute Gasteiger partial charge is 0.218 e. The van der Waals surface area contributed by atoms with Gasteiger partial charge in [-0.05, 0) is 5.56 Å². The van der Waals surface area contributed by atoms with Crippen LogP contribution in [0, 0.1) is 0 Å². The first-order valence-electron chi connectivity index (χ1n) is 5.95. The Morgan fingerprint density at radius 3 is 2.84 bits per heavy atom. The number of hydrogen-bond donors (Lipinski definition) is 0. The van der Waals surface area contributed by atoms with Crippen molar-refractivity contribution in [1.29, 1.82) is 0 Å². The number of benzene rings is 1. The molecular weight excluding hydrogens is 313 g/mol. The quantitative estimate of drug-likeness (QED) is 0.644. The van der Waals surface area contributed by atoms with Gasteiger partial charge in [-0.3, -0.25) is 4.79 Å². The number of nitrogens with zero attached hydrogens (tertiary/aromatic N) is 3. The number of halogens is 2. The highest BCUT2D eigenvalue weighted by Crippen LogP contribution is 2.39. The minimum absolute atomic E-state index is 0.0788. The molecule has 0 amide bonds.